The Kier molecular flexibility index (Phi) is 5.79. The number of phenolic OH excluding ortho intramolecular Hbond substituents is 1. The molecule has 0 heterocycles. The van der Waals surface area contributed by atoms with Gasteiger partial charge in [-0.3, -0.25) is 0 Å². The zero-order valence-corrected chi connectivity index (χ0v) is 12.4. The Labute approximate surface area is 118 Å². The number of ether oxygens (including phenoxy) is 4. The van der Waals surface area contributed by atoms with Gasteiger partial charge in [-0.25, -0.2) is 4.79 Å². The van der Waals surface area contributed by atoms with E-state index in [0.29, 0.717) is 16.7 Å². The van der Waals surface area contributed by atoms with E-state index < -0.39 is 5.97 Å². The van der Waals surface area contributed by atoms with E-state index in [9.17, 15) is 9.90 Å². The Morgan fingerprint density at radius 1 is 1.00 bits per heavy atom. The highest BCUT2D eigenvalue weighted by Gasteiger charge is 2.24. The van der Waals surface area contributed by atoms with Crippen LogP contribution in [0.2, 0.25) is 0 Å². The molecule has 0 aromatic heterocycles. The maximum atomic E-state index is 12.1. The number of hydrogen-bond acceptors (Lipinski definition) is 6. The summed E-state index contributed by atoms with van der Waals surface area (Å²) in [6.45, 7) is 4.93. The summed E-state index contributed by atoms with van der Waals surface area (Å²) in [6.07, 6.45) is 0. The molecule has 0 radical (unpaired) electrons. The molecule has 0 bridgehead atoms. The molecule has 0 unspecified atom stereocenters. The average Bonchev–Trinajstić information content (AvgIpc) is 2.44. The van der Waals surface area contributed by atoms with Gasteiger partial charge in [-0.15, -0.1) is 0 Å². The number of benzene rings is 1. The summed E-state index contributed by atoms with van der Waals surface area (Å²) < 4.78 is 19.9. The van der Waals surface area contributed by atoms with Crippen LogP contribution in [0, 0.1) is 20.8 Å². The topological polar surface area (TPSA) is 74.2 Å². The third-order valence-electron chi connectivity index (χ3n) is 3.05. The third-order valence-corrected chi connectivity index (χ3v) is 3.05. The van der Waals surface area contributed by atoms with Crippen molar-refractivity contribution in [2.24, 2.45) is 0 Å². The van der Waals surface area contributed by atoms with E-state index in [4.69, 9.17) is 18.9 Å². The molecule has 1 rings (SSSR count). The predicted octanol–water partition coefficient (Wildman–Crippen LogP) is 2.06. The number of carbonyl (C=O) groups excluding carboxylic acids is 1. The standard InChI is InChI=1S/C14H20O6/c1-8-9(2)12(15)10(3)13(19-6-17-4)11(8)14(16)20-7-18-5/h15H,6-7H2,1-5H3. The predicted molar refractivity (Wildman–Crippen MR) is 72.1 cm³/mol. The molecule has 1 N–H and O–H groups in total. The lowest BCUT2D eigenvalue weighted by Gasteiger charge is -2.18. The van der Waals surface area contributed by atoms with Crippen molar-refractivity contribution in [2.75, 3.05) is 27.8 Å². The summed E-state index contributed by atoms with van der Waals surface area (Å²) >= 11 is 0. The molecule has 1 aromatic rings. The highest BCUT2D eigenvalue weighted by molar-refractivity contribution is 5.95. The van der Waals surface area contributed by atoms with Crippen molar-refractivity contribution in [3.05, 3.63) is 22.3 Å². The maximum Gasteiger partial charge on any atom is 0.344 e. The van der Waals surface area contributed by atoms with E-state index in [2.05, 4.69) is 0 Å². The smallest absolute Gasteiger partial charge is 0.344 e. The van der Waals surface area contributed by atoms with Gasteiger partial charge < -0.3 is 24.1 Å². The lowest BCUT2D eigenvalue weighted by Crippen LogP contribution is -2.14. The first-order valence-electron chi connectivity index (χ1n) is 6.06. The summed E-state index contributed by atoms with van der Waals surface area (Å²) in [4.78, 5) is 12.1. The molecular weight excluding hydrogens is 264 g/mol. The number of carbonyl (C=O) groups is 1. The average molecular weight is 284 g/mol. The second-order valence-electron chi connectivity index (χ2n) is 4.32. The fraction of sp³-hybridized carbons (Fsp3) is 0.500. The van der Waals surface area contributed by atoms with Crippen LogP contribution in [0.4, 0.5) is 0 Å². The van der Waals surface area contributed by atoms with Gasteiger partial charge in [0.05, 0.1) is 0 Å². The molecule has 0 amide bonds. The van der Waals surface area contributed by atoms with Gasteiger partial charge in [0.1, 0.15) is 17.1 Å². The van der Waals surface area contributed by atoms with Gasteiger partial charge in [-0.2, -0.15) is 0 Å². The van der Waals surface area contributed by atoms with Crippen molar-refractivity contribution in [2.45, 2.75) is 20.8 Å². The van der Waals surface area contributed by atoms with Crippen molar-refractivity contribution < 1.29 is 28.8 Å². The molecule has 6 heteroatoms. The highest BCUT2D eigenvalue weighted by atomic mass is 16.7. The number of rotatable bonds is 6. The maximum absolute atomic E-state index is 12.1. The zero-order valence-electron chi connectivity index (χ0n) is 12.4. The lowest BCUT2D eigenvalue weighted by molar-refractivity contribution is -0.0133. The quantitative estimate of drug-likeness (QED) is 0.636. The molecule has 0 spiro atoms. The molecule has 1 aromatic carbocycles. The van der Waals surface area contributed by atoms with Crippen LogP contribution >= 0.6 is 0 Å². The Bertz CT molecular complexity index is 495. The second-order valence-corrected chi connectivity index (χ2v) is 4.32. The first-order valence-corrected chi connectivity index (χ1v) is 6.06. The van der Waals surface area contributed by atoms with Crippen molar-refractivity contribution in [1.29, 1.82) is 0 Å². The van der Waals surface area contributed by atoms with E-state index in [-0.39, 0.29) is 30.6 Å². The first-order chi connectivity index (χ1) is 9.45. The van der Waals surface area contributed by atoms with Crippen molar-refractivity contribution in [3.8, 4) is 11.5 Å². The number of aromatic hydroxyl groups is 1. The minimum absolute atomic E-state index is 0.0344. The lowest BCUT2D eigenvalue weighted by atomic mass is 9.97. The van der Waals surface area contributed by atoms with E-state index in [1.807, 2.05) is 0 Å². The summed E-state index contributed by atoms with van der Waals surface area (Å²) in [5, 5.41) is 10.1. The molecule has 112 valence electrons. The highest BCUT2D eigenvalue weighted by Crippen LogP contribution is 2.37. The zero-order chi connectivity index (χ0) is 15.3. The van der Waals surface area contributed by atoms with Crippen LogP contribution in [0.5, 0.6) is 11.5 Å². The molecule has 0 fully saturated rings. The van der Waals surface area contributed by atoms with Gasteiger partial charge in [0.15, 0.2) is 13.6 Å². The van der Waals surface area contributed by atoms with Crippen LogP contribution < -0.4 is 4.74 Å². The Balaban J connectivity index is 3.34. The van der Waals surface area contributed by atoms with Crippen LogP contribution in [-0.2, 0) is 14.2 Å². The van der Waals surface area contributed by atoms with Gasteiger partial charge in [0.2, 0.25) is 0 Å². The summed E-state index contributed by atoms with van der Waals surface area (Å²) in [5.41, 5.74) is 1.94. The molecule has 0 atom stereocenters. The molecule has 0 aliphatic heterocycles. The second kappa shape index (κ2) is 7.12. The van der Waals surface area contributed by atoms with Gasteiger partial charge >= 0.3 is 5.97 Å². The van der Waals surface area contributed by atoms with Crippen LogP contribution in [-0.4, -0.2) is 38.9 Å². The Hall–Kier alpha value is -1.79. The normalized spacial score (nSPS) is 10.4. The fourth-order valence-corrected chi connectivity index (χ4v) is 1.84. The van der Waals surface area contributed by atoms with Crippen molar-refractivity contribution in [1.82, 2.24) is 0 Å². The van der Waals surface area contributed by atoms with Crippen LogP contribution in [0.15, 0.2) is 0 Å². The number of esters is 1. The number of phenols is 1. The molecule has 0 aliphatic rings. The summed E-state index contributed by atoms with van der Waals surface area (Å²) in [5.74, 6) is -0.216. The Morgan fingerprint density at radius 3 is 2.15 bits per heavy atom. The van der Waals surface area contributed by atoms with Crippen molar-refractivity contribution >= 4 is 5.97 Å². The molecule has 6 nitrogen and oxygen atoms in total. The van der Waals surface area contributed by atoms with Crippen molar-refractivity contribution in [3.63, 3.8) is 0 Å². The summed E-state index contributed by atoms with van der Waals surface area (Å²) in [7, 11) is 2.90. The first kappa shape index (κ1) is 16.3. The van der Waals surface area contributed by atoms with Crippen LogP contribution in [0.25, 0.3) is 0 Å². The minimum atomic E-state index is -0.568. The van der Waals surface area contributed by atoms with Crippen LogP contribution in [0.3, 0.4) is 0 Å². The van der Waals surface area contributed by atoms with Crippen LogP contribution in [0.1, 0.15) is 27.0 Å². The van der Waals surface area contributed by atoms with E-state index >= 15 is 0 Å². The van der Waals surface area contributed by atoms with Gasteiger partial charge in [0, 0.05) is 19.8 Å². The minimum Gasteiger partial charge on any atom is -0.507 e. The molecular formula is C14H20O6. The largest absolute Gasteiger partial charge is 0.507 e. The fourth-order valence-electron chi connectivity index (χ4n) is 1.84. The number of hydrogen-bond donors (Lipinski definition) is 1. The molecule has 20 heavy (non-hydrogen) atoms. The third kappa shape index (κ3) is 3.20. The van der Waals surface area contributed by atoms with Gasteiger partial charge in [-0.1, -0.05) is 0 Å². The van der Waals surface area contributed by atoms with E-state index in [0.717, 1.165) is 0 Å². The van der Waals surface area contributed by atoms with Gasteiger partial charge in [0.25, 0.3) is 0 Å². The Morgan fingerprint density at radius 2 is 1.60 bits per heavy atom. The molecule has 0 aliphatic carbocycles. The van der Waals surface area contributed by atoms with E-state index in [1.54, 1.807) is 20.8 Å². The van der Waals surface area contributed by atoms with Gasteiger partial charge in [-0.05, 0) is 31.9 Å². The number of methoxy groups -OCH3 is 2. The van der Waals surface area contributed by atoms with E-state index in [1.165, 1.54) is 14.2 Å². The summed E-state index contributed by atoms with van der Waals surface area (Å²) in [6, 6.07) is 0. The molecule has 0 saturated heterocycles. The molecule has 0 saturated carbocycles. The SMILES string of the molecule is COCOC(=O)c1c(C)c(C)c(O)c(C)c1OCOC. The monoisotopic (exact) mass is 284 g/mol.